The molecule has 0 unspecified atom stereocenters. The Kier molecular flexibility index (Phi) is 6.42. The molecule has 4 nitrogen and oxygen atoms in total. The molecule has 1 aromatic rings. The summed E-state index contributed by atoms with van der Waals surface area (Å²) in [5.41, 5.74) is -0.186. The summed E-state index contributed by atoms with van der Waals surface area (Å²) in [4.78, 5) is 16.9. The van der Waals surface area contributed by atoms with Crippen LogP contribution in [-0.4, -0.2) is 22.6 Å². The third-order valence-corrected chi connectivity index (χ3v) is 1.73. The van der Waals surface area contributed by atoms with Crippen LogP contribution < -0.4 is 10.6 Å². The molecule has 1 aromatic heterocycles. The summed E-state index contributed by atoms with van der Waals surface area (Å²) in [5, 5.41) is 0. The van der Waals surface area contributed by atoms with Gasteiger partial charge in [0.15, 0.2) is 0 Å². The van der Waals surface area contributed by atoms with Gasteiger partial charge in [0, 0.05) is 26.3 Å². The minimum absolute atomic E-state index is 0.186. The molecule has 1 aliphatic heterocycles. The van der Waals surface area contributed by atoms with Crippen molar-refractivity contribution in [2.75, 3.05) is 18.0 Å². The smallest absolute Gasteiger partial charge is 0.349 e. The summed E-state index contributed by atoms with van der Waals surface area (Å²) in [6.07, 6.45) is 1.74. The van der Waals surface area contributed by atoms with Crippen molar-refractivity contribution in [1.29, 1.82) is 0 Å². The number of rotatable bonds is 1. The van der Waals surface area contributed by atoms with Crippen molar-refractivity contribution in [2.24, 2.45) is 7.05 Å². The molecular weight excluding hydrogens is 190 g/mol. The lowest BCUT2D eigenvalue weighted by molar-refractivity contribution is 0.809. The lowest BCUT2D eigenvalue weighted by atomic mass is 10.6. The Morgan fingerprint density at radius 1 is 1.20 bits per heavy atom. The Morgan fingerprint density at radius 2 is 1.73 bits per heavy atom. The summed E-state index contributed by atoms with van der Waals surface area (Å²) in [6, 6.07) is 1.86. The predicted octanol–water partition coefficient (Wildman–Crippen LogP) is 1.65. The molecule has 0 amide bonds. The van der Waals surface area contributed by atoms with Crippen LogP contribution in [0, 0.1) is 0 Å². The SMILES string of the molecule is CC.CC.Cn1ccc(N2CC2)nc1=O. The molecule has 1 saturated heterocycles. The maximum absolute atomic E-state index is 11.0. The molecule has 2 heterocycles. The monoisotopic (exact) mass is 211 g/mol. The Bertz CT molecular complexity index is 329. The van der Waals surface area contributed by atoms with Crippen molar-refractivity contribution in [1.82, 2.24) is 9.55 Å². The molecule has 0 bridgehead atoms. The van der Waals surface area contributed by atoms with E-state index in [9.17, 15) is 4.79 Å². The van der Waals surface area contributed by atoms with Crippen molar-refractivity contribution < 1.29 is 0 Å². The van der Waals surface area contributed by atoms with Crippen molar-refractivity contribution >= 4 is 5.82 Å². The zero-order valence-electron chi connectivity index (χ0n) is 10.3. The average molecular weight is 211 g/mol. The first kappa shape index (κ1) is 13.7. The lowest BCUT2D eigenvalue weighted by Gasteiger charge is -2.00. The molecule has 0 N–H and O–H groups in total. The molecule has 0 aromatic carbocycles. The summed E-state index contributed by atoms with van der Waals surface area (Å²) >= 11 is 0. The zero-order chi connectivity index (χ0) is 11.8. The van der Waals surface area contributed by atoms with E-state index in [2.05, 4.69) is 4.98 Å². The molecule has 0 radical (unpaired) electrons. The summed E-state index contributed by atoms with van der Waals surface area (Å²) in [6.45, 7) is 10.1. The van der Waals surface area contributed by atoms with Gasteiger partial charge in [-0.1, -0.05) is 27.7 Å². The summed E-state index contributed by atoms with van der Waals surface area (Å²) in [7, 11) is 1.70. The van der Waals surface area contributed by atoms with Gasteiger partial charge in [-0.15, -0.1) is 0 Å². The number of anilines is 1. The number of hydrogen-bond acceptors (Lipinski definition) is 3. The molecule has 86 valence electrons. The van der Waals surface area contributed by atoms with E-state index in [4.69, 9.17) is 0 Å². The third-order valence-electron chi connectivity index (χ3n) is 1.73. The highest BCUT2D eigenvalue weighted by Gasteiger charge is 2.19. The van der Waals surface area contributed by atoms with Crippen LogP contribution in [0.5, 0.6) is 0 Å². The highest BCUT2D eigenvalue weighted by atomic mass is 16.1. The molecule has 1 fully saturated rings. The number of aryl methyl sites for hydroxylation is 1. The molecule has 0 saturated carbocycles. The van der Waals surface area contributed by atoms with Crippen molar-refractivity contribution in [3.63, 3.8) is 0 Å². The standard InChI is InChI=1S/C7H9N3O.2C2H6/c1-9-3-2-6(8-7(9)11)10-4-5-10;2*1-2/h2-3H,4-5H2,1H3;2*1-2H3. The van der Waals surface area contributed by atoms with E-state index >= 15 is 0 Å². The van der Waals surface area contributed by atoms with E-state index in [-0.39, 0.29) is 5.69 Å². The lowest BCUT2D eigenvalue weighted by Crippen LogP contribution is -2.20. The van der Waals surface area contributed by atoms with Gasteiger partial charge < -0.3 is 9.47 Å². The second-order valence-electron chi connectivity index (χ2n) is 2.67. The maximum atomic E-state index is 11.0. The highest BCUT2D eigenvalue weighted by Crippen LogP contribution is 2.14. The first-order valence-electron chi connectivity index (χ1n) is 5.56. The largest absolute Gasteiger partial charge is 0.353 e. The molecule has 4 heteroatoms. The first-order chi connectivity index (χ1) is 7.27. The van der Waals surface area contributed by atoms with Crippen LogP contribution in [0.25, 0.3) is 0 Å². The van der Waals surface area contributed by atoms with Crippen LogP contribution in [0.1, 0.15) is 27.7 Å². The zero-order valence-corrected chi connectivity index (χ0v) is 10.3. The Morgan fingerprint density at radius 3 is 2.13 bits per heavy atom. The van der Waals surface area contributed by atoms with Gasteiger partial charge in [-0.05, 0) is 6.07 Å². The van der Waals surface area contributed by atoms with Crippen LogP contribution in [0.3, 0.4) is 0 Å². The molecule has 2 rings (SSSR count). The van der Waals surface area contributed by atoms with Gasteiger partial charge in [0.2, 0.25) is 0 Å². The van der Waals surface area contributed by atoms with Crippen molar-refractivity contribution in [3.8, 4) is 0 Å². The third kappa shape index (κ3) is 4.14. The molecule has 0 spiro atoms. The van der Waals surface area contributed by atoms with Crippen molar-refractivity contribution in [3.05, 3.63) is 22.7 Å². The van der Waals surface area contributed by atoms with Gasteiger partial charge >= 0.3 is 5.69 Å². The minimum Gasteiger partial charge on any atom is -0.353 e. The molecule has 15 heavy (non-hydrogen) atoms. The van der Waals surface area contributed by atoms with Gasteiger partial charge in [-0.3, -0.25) is 0 Å². The number of aromatic nitrogens is 2. The fourth-order valence-electron chi connectivity index (χ4n) is 0.912. The van der Waals surface area contributed by atoms with Gasteiger partial charge in [0.1, 0.15) is 5.82 Å². The van der Waals surface area contributed by atoms with E-state index in [1.807, 2.05) is 38.7 Å². The van der Waals surface area contributed by atoms with E-state index in [0.717, 1.165) is 18.9 Å². The van der Waals surface area contributed by atoms with Crippen LogP contribution in [0.15, 0.2) is 17.1 Å². The van der Waals surface area contributed by atoms with E-state index in [1.54, 1.807) is 13.2 Å². The highest BCUT2D eigenvalue weighted by molar-refractivity contribution is 5.42. The van der Waals surface area contributed by atoms with Crippen LogP contribution >= 0.6 is 0 Å². The average Bonchev–Trinajstić information content (AvgIpc) is 3.12. The van der Waals surface area contributed by atoms with E-state index < -0.39 is 0 Å². The van der Waals surface area contributed by atoms with Gasteiger partial charge in [0.05, 0.1) is 0 Å². The second kappa shape index (κ2) is 7.04. The van der Waals surface area contributed by atoms with Crippen molar-refractivity contribution in [2.45, 2.75) is 27.7 Å². The first-order valence-corrected chi connectivity index (χ1v) is 5.56. The summed E-state index contributed by atoms with van der Waals surface area (Å²) < 4.78 is 1.47. The van der Waals surface area contributed by atoms with Crippen LogP contribution in [0.4, 0.5) is 5.82 Å². The topological polar surface area (TPSA) is 37.9 Å². The molecule has 1 aliphatic rings. The second-order valence-corrected chi connectivity index (χ2v) is 2.67. The number of nitrogens with zero attached hydrogens (tertiary/aromatic N) is 3. The Labute approximate surface area is 91.6 Å². The summed E-state index contributed by atoms with van der Waals surface area (Å²) in [5.74, 6) is 0.799. The van der Waals surface area contributed by atoms with Crippen LogP contribution in [0.2, 0.25) is 0 Å². The molecular formula is C11H21N3O. The fraction of sp³-hybridized carbons (Fsp3) is 0.636. The quantitative estimate of drug-likeness (QED) is 0.663. The molecule has 0 atom stereocenters. The maximum Gasteiger partial charge on any atom is 0.349 e. The fourth-order valence-corrected chi connectivity index (χ4v) is 0.912. The van der Waals surface area contributed by atoms with E-state index in [1.165, 1.54) is 4.57 Å². The van der Waals surface area contributed by atoms with E-state index in [0.29, 0.717) is 0 Å². The van der Waals surface area contributed by atoms with Gasteiger partial charge in [0.25, 0.3) is 0 Å². The normalized spacial score (nSPS) is 11.9. The molecule has 0 aliphatic carbocycles. The Hall–Kier alpha value is -1.32. The number of hydrogen-bond donors (Lipinski definition) is 0. The van der Waals surface area contributed by atoms with Gasteiger partial charge in [-0.2, -0.15) is 4.98 Å². The van der Waals surface area contributed by atoms with Gasteiger partial charge in [-0.25, -0.2) is 4.79 Å². The van der Waals surface area contributed by atoms with Crippen LogP contribution in [-0.2, 0) is 7.05 Å². The minimum atomic E-state index is -0.186. The predicted molar refractivity (Wildman–Crippen MR) is 64.4 cm³/mol. The Balaban J connectivity index is 0.000000442.